The Labute approximate surface area is 238 Å². The number of amides is 1. The van der Waals surface area contributed by atoms with E-state index >= 15 is 4.39 Å². The van der Waals surface area contributed by atoms with Crippen LogP contribution in [-0.4, -0.2) is 65.1 Å². The molecule has 3 saturated carbocycles. The third-order valence-corrected chi connectivity index (χ3v) is 10.9. The molecule has 0 bridgehead atoms. The number of alkyl halides is 1. The minimum atomic E-state index is -1.96. The number of fused-ring (bicyclic) bond motifs is 7. The normalized spacial score (nSPS) is 38.7. The number of carbonyl (C=O) groups excluding carboxylic acids is 4. The monoisotopic (exact) mass is 565 g/mol. The minimum absolute atomic E-state index is 0.0193. The van der Waals surface area contributed by atoms with E-state index in [1.165, 1.54) is 19.1 Å². The maximum atomic E-state index is 17.2. The quantitative estimate of drug-likeness (QED) is 0.538. The lowest BCUT2D eigenvalue weighted by Crippen LogP contribution is -2.65. The second-order valence-electron chi connectivity index (χ2n) is 12.7. The van der Waals surface area contributed by atoms with Gasteiger partial charge in [0.25, 0.3) is 0 Å². The van der Waals surface area contributed by atoms with Crippen LogP contribution < -0.4 is 0 Å². The van der Waals surface area contributed by atoms with Crippen molar-refractivity contribution in [2.45, 2.75) is 57.9 Å². The Bertz CT molecular complexity index is 1340. The molecule has 4 aliphatic carbocycles. The minimum Gasteiger partial charge on any atom is -0.458 e. The zero-order valence-electron chi connectivity index (χ0n) is 23.4. The molecule has 218 valence electrons. The number of benzene rings is 1. The first-order valence-electron chi connectivity index (χ1n) is 14.4. The second-order valence-corrected chi connectivity index (χ2v) is 12.7. The standard InChI is InChI=1S/C32H36FNO7/c1-19(35)40-17-28(38)31-18-34(29(39)41-16-20-6-4-3-5-7-20)15-22(31)13-26-25-10-8-21-12-23(36)9-11-24(21)32(25,33)27(37)14-30(26,31)2/h3-7,9,11-12,22,24-27,37H,8,10,13-18H2,1-2H3. The highest BCUT2D eigenvalue weighted by Gasteiger charge is 2.76. The van der Waals surface area contributed by atoms with Gasteiger partial charge in [-0.3, -0.25) is 14.4 Å². The summed E-state index contributed by atoms with van der Waals surface area (Å²) in [5, 5.41) is 11.6. The van der Waals surface area contributed by atoms with Crippen LogP contribution in [0.5, 0.6) is 0 Å². The van der Waals surface area contributed by atoms with Crippen LogP contribution in [0.4, 0.5) is 9.18 Å². The summed E-state index contributed by atoms with van der Waals surface area (Å²) in [6, 6.07) is 9.31. The van der Waals surface area contributed by atoms with Gasteiger partial charge in [0.15, 0.2) is 18.2 Å². The molecule has 1 N–H and O–H groups in total. The fraction of sp³-hybridized carbons (Fsp3) is 0.562. The van der Waals surface area contributed by atoms with Gasteiger partial charge in [-0.25, -0.2) is 9.18 Å². The molecular formula is C32H36FNO7. The molecule has 5 aliphatic rings. The van der Waals surface area contributed by atoms with Gasteiger partial charge in [-0.2, -0.15) is 0 Å². The Kier molecular flexibility index (Phi) is 6.71. The molecule has 0 spiro atoms. The zero-order valence-corrected chi connectivity index (χ0v) is 23.4. The van der Waals surface area contributed by atoms with Gasteiger partial charge in [0.1, 0.15) is 12.3 Å². The molecular weight excluding hydrogens is 529 g/mol. The van der Waals surface area contributed by atoms with Gasteiger partial charge in [0.05, 0.1) is 11.5 Å². The number of hydrogen-bond acceptors (Lipinski definition) is 7. The van der Waals surface area contributed by atoms with E-state index in [2.05, 4.69) is 0 Å². The first kappa shape index (κ1) is 27.8. The average molecular weight is 566 g/mol. The first-order valence-corrected chi connectivity index (χ1v) is 14.4. The number of ether oxygens (including phenoxy) is 2. The van der Waals surface area contributed by atoms with Gasteiger partial charge in [0.2, 0.25) is 0 Å². The lowest BCUT2D eigenvalue weighted by atomic mass is 9.46. The number of esters is 1. The van der Waals surface area contributed by atoms with E-state index in [-0.39, 0.29) is 49.5 Å². The zero-order chi connectivity index (χ0) is 29.2. The van der Waals surface area contributed by atoms with Gasteiger partial charge in [-0.1, -0.05) is 48.9 Å². The van der Waals surface area contributed by atoms with Crippen molar-refractivity contribution in [2.75, 3.05) is 19.7 Å². The molecule has 9 heteroatoms. The number of halogens is 1. The van der Waals surface area contributed by atoms with Crippen molar-refractivity contribution in [1.82, 2.24) is 4.90 Å². The Morgan fingerprint density at radius 1 is 1.15 bits per heavy atom. The van der Waals surface area contributed by atoms with Crippen molar-refractivity contribution >= 4 is 23.6 Å². The van der Waals surface area contributed by atoms with Crippen LogP contribution in [-0.2, 0) is 30.5 Å². The number of hydrogen-bond donors (Lipinski definition) is 1. The molecule has 0 aromatic heterocycles. The van der Waals surface area contributed by atoms with E-state index in [1.807, 2.05) is 37.3 Å². The molecule has 8 atom stereocenters. The molecule has 8 unspecified atom stereocenters. The summed E-state index contributed by atoms with van der Waals surface area (Å²) in [6.07, 6.45) is 4.08. The fourth-order valence-electron chi connectivity index (χ4n) is 9.15. The molecule has 1 aromatic rings. The lowest BCUT2D eigenvalue weighted by Gasteiger charge is -2.60. The number of Topliss-reactive ketones (excluding diaryl/α,β-unsaturated/α-hetero) is 1. The van der Waals surface area contributed by atoms with E-state index in [0.29, 0.717) is 24.8 Å². The van der Waals surface area contributed by atoms with Gasteiger partial charge in [0, 0.05) is 31.8 Å². The molecule has 1 aromatic carbocycles. The van der Waals surface area contributed by atoms with Gasteiger partial charge in [-0.05, 0) is 60.6 Å². The molecule has 8 nitrogen and oxygen atoms in total. The van der Waals surface area contributed by atoms with Crippen LogP contribution in [0.15, 0.2) is 54.1 Å². The van der Waals surface area contributed by atoms with Gasteiger partial charge in [-0.15, -0.1) is 0 Å². The van der Waals surface area contributed by atoms with Crippen molar-refractivity contribution in [2.24, 2.45) is 34.5 Å². The number of allylic oxidation sites excluding steroid dienone is 4. The predicted octanol–water partition coefficient (Wildman–Crippen LogP) is 3.96. The van der Waals surface area contributed by atoms with Crippen molar-refractivity contribution < 1.29 is 38.1 Å². The van der Waals surface area contributed by atoms with E-state index in [0.717, 1.165) is 5.56 Å². The third-order valence-electron chi connectivity index (χ3n) is 10.9. The highest BCUT2D eigenvalue weighted by molar-refractivity contribution is 6.01. The molecule has 1 amide bonds. The number of likely N-dealkylation sites (tertiary alicyclic amines) is 1. The maximum absolute atomic E-state index is 17.2. The van der Waals surface area contributed by atoms with Crippen molar-refractivity contribution in [3.8, 4) is 0 Å². The van der Waals surface area contributed by atoms with Crippen molar-refractivity contribution in [3.05, 3.63) is 59.7 Å². The summed E-state index contributed by atoms with van der Waals surface area (Å²) < 4.78 is 28.0. The summed E-state index contributed by atoms with van der Waals surface area (Å²) in [7, 11) is 0. The Hall–Kier alpha value is -3.33. The SMILES string of the molecule is CC(=O)OCC(=O)C12CN(C(=O)OCc3ccccc3)CC1CC1C3CCC4=CC(=O)C=CC4C3(F)C(O)CC12C. The van der Waals surface area contributed by atoms with Crippen LogP contribution >= 0.6 is 0 Å². The number of ketones is 2. The largest absolute Gasteiger partial charge is 0.458 e. The number of aliphatic hydroxyl groups is 1. The molecule has 6 rings (SSSR count). The van der Waals surface area contributed by atoms with Crippen LogP contribution in [0.2, 0.25) is 0 Å². The van der Waals surface area contributed by atoms with E-state index < -0.39 is 53.1 Å². The highest BCUT2D eigenvalue weighted by atomic mass is 19.1. The Morgan fingerprint density at radius 3 is 2.63 bits per heavy atom. The molecule has 1 heterocycles. The number of rotatable bonds is 5. The van der Waals surface area contributed by atoms with Crippen LogP contribution in [0.3, 0.4) is 0 Å². The molecule has 41 heavy (non-hydrogen) atoms. The summed E-state index contributed by atoms with van der Waals surface area (Å²) in [4.78, 5) is 52.5. The smallest absolute Gasteiger partial charge is 0.410 e. The van der Waals surface area contributed by atoms with Crippen LogP contribution in [0.1, 0.15) is 45.1 Å². The summed E-state index contributed by atoms with van der Waals surface area (Å²) in [5.41, 5.74) is -2.39. The molecule has 1 aliphatic heterocycles. The Morgan fingerprint density at radius 2 is 1.90 bits per heavy atom. The van der Waals surface area contributed by atoms with Crippen molar-refractivity contribution in [3.63, 3.8) is 0 Å². The molecule has 1 saturated heterocycles. The lowest BCUT2D eigenvalue weighted by molar-refractivity contribution is -0.190. The number of carbonyl (C=O) groups is 4. The van der Waals surface area contributed by atoms with E-state index in [9.17, 15) is 24.3 Å². The van der Waals surface area contributed by atoms with Gasteiger partial charge >= 0.3 is 12.1 Å². The summed E-state index contributed by atoms with van der Waals surface area (Å²) in [6.45, 7) is 3.14. The first-order chi connectivity index (χ1) is 19.5. The van der Waals surface area contributed by atoms with E-state index in [4.69, 9.17) is 9.47 Å². The number of aliphatic hydroxyl groups excluding tert-OH is 1. The topological polar surface area (TPSA) is 110 Å². The second kappa shape index (κ2) is 9.89. The van der Waals surface area contributed by atoms with Crippen LogP contribution in [0, 0.1) is 34.5 Å². The predicted molar refractivity (Wildman–Crippen MR) is 145 cm³/mol. The fourth-order valence-corrected chi connectivity index (χ4v) is 9.15. The summed E-state index contributed by atoms with van der Waals surface area (Å²) >= 11 is 0. The molecule has 0 radical (unpaired) electrons. The average Bonchev–Trinajstić information content (AvgIpc) is 3.44. The third kappa shape index (κ3) is 4.10. The Balaban J connectivity index is 1.32. The van der Waals surface area contributed by atoms with E-state index in [1.54, 1.807) is 11.0 Å². The number of nitrogens with zero attached hydrogens (tertiary/aromatic N) is 1. The van der Waals surface area contributed by atoms with Crippen molar-refractivity contribution in [1.29, 1.82) is 0 Å². The highest BCUT2D eigenvalue weighted by Crippen LogP contribution is 2.72. The van der Waals surface area contributed by atoms with Crippen LogP contribution in [0.25, 0.3) is 0 Å². The molecule has 4 fully saturated rings. The van der Waals surface area contributed by atoms with Gasteiger partial charge < -0.3 is 19.5 Å². The summed E-state index contributed by atoms with van der Waals surface area (Å²) in [5.74, 6) is -2.82. The maximum Gasteiger partial charge on any atom is 0.410 e.